The van der Waals surface area contributed by atoms with Gasteiger partial charge in [0.05, 0.1) is 12.7 Å². The SMILES string of the molecule is CCO[C@@H]1OCC[C@@H](C)O1. The fourth-order valence-corrected chi connectivity index (χ4v) is 0.851. The lowest BCUT2D eigenvalue weighted by Crippen LogP contribution is -2.32. The second kappa shape index (κ2) is 3.91. The fraction of sp³-hybridized carbons (Fsp3) is 1.00. The van der Waals surface area contributed by atoms with Crippen LogP contribution >= 0.6 is 0 Å². The molecule has 0 aliphatic carbocycles. The average Bonchev–Trinajstić information content (AvgIpc) is 1.88. The minimum atomic E-state index is -0.422. The highest BCUT2D eigenvalue weighted by atomic mass is 16.8. The Hall–Kier alpha value is -0.120. The van der Waals surface area contributed by atoms with Gasteiger partial charge in [0.25, 0.3) is 6.48 Å². The standard InChI is InChI=1S/C7H14O3/c1-3-8-7-9-5-4-6(2)10-7/h6-7H,3-5H2,1-2H3/t6-,7-/m1/s1. The van der Waals surface area contributed by atoms with E-state index in [0.717, 1.165) is 13.0 Å². The lowest BCUT2D eigenvalue weighted by atomic mass is 10.3. The Kier molecular flexibility index (Phi) is 3.12. The molecule has 0 unspecified atom stereocenters. The number of ether oxygens (including phenoxy) is 3. The van der Waals surface area contributed by atoms with Crippen molar-refractivity contribution in [2.45, 2.75) is 32.8 Å². The first-order valence-corrected chi connectivity index (χ1v) is 3.71. The van der Waals surface area contributed by atoms with Crippen molar-refractivity contribution >= 4 is 0 Å². The van der Waals surface area contributed by atoms with Crippen LogP contribution in [0.15, 0.2) is 0 Å². The number of rotatable bonds is 2. The summed E-state index contributed by atoms with van der Waals surface area (Å²) in [5.74, 6) is 0. The van der Waals surface area contributed by atoms with E-state index in [1.54, 1.807) is 0 Å². The highest BCUT2D eigenvalue weighted by molar-refractivity contribution is 4.53. The molecule has 10 heavy (non-hydrogen) atoms. The van der Waals surface area contributed by atoms with E-state index < -0.39 is 6.48 Å². The summed E-state index contributed by atoms with van der Waals surface area (Å²) in [6.07, 6.45) is 1.23. The Morgan fingerprint density at radius 1 is 1.60 bits per heavy atom. The first-order valence-electron chi connectivity index (χ1n) is 3.71. The monoisotopic (exact) mass is 146 g/mol. The van der Waals surface area contributed by atoms with Crippen LogP contribution < -0.4 is 0 Å². The van der Waals surface area contributed by atoms with Crippen LogP contribution in [0.5, 0.6) is 0 Å². The van der Waals surface area contributed by atoms with Crippen molar-refractivity contribution in [3.63, 3.8) is 0 Å². The molecule has 1 rings (SSSR count). The summed E-state index contributed by atoms with van der Waals surface area (Å²) in [5, 5.41) is 0. The van der Waals surface area contributed by atoms with Gasteiger partial charge in [0.15, 0.2) is 0 Å². The van der Waals surface area contributed by atoms with E-state index in [1.165, 1.54) is 0 Å². The first-order chi connectivity index (χ1) is 4.83. The molecular formula is C7H14O3. The van der Waals surface area contributed by atoms with Gasteiger partial charge in [0, 0.05) is 6.61 Å². The van der Waals surface area contributed by atoms with E-state index in [0.29, 0.717) is 6.61 Å². The van der Waals surface area contributed by atoms with E-state index in [1.807, 2.05) is 13.8 Å². The zero-order chi connectivity index (χ0) is 7.40. The molecule has 0 spiro atoms. The molecule has 0 amide bonds. The van der Waals surface area contributed by atoms with Crippen LogP contribution in [0, 0.1) is 0 Å². The normalized spacial score (nSPS) is 34.2. The molecule has 1 aliphatic heterocycles. The molecule has 0 bridgehead atoms. The second-order valence-corrected chi connectivity index (χ2v) is 2.35. The average molecular weight is 146 g/mol. The van der Waals surface area contributed by atoms with Gasteiger partial charge in [-0.05, 0) is 20.3 Å². The maximum absolute atomic E-state index is 5.28. The molecule has 3 heteroatoms. The predicted octanol–water partition coefficient (Wildman–Crippen LogP) is 1.13. The van der Waals surface area contributed by atoms with Gasteiger partial charge in [-0.15, -0.1) is 0 Å². The third-order valence-electron chi connectivity index (χ3n) is 1.42. The molecule has 1 aliphatic rings. The Balaban J connectivity index is 2.18. The summed E-state index contributed by atoms with van der Waals surface area (Å²) in [5.41, 5.74) is 0. The fourth-order valence-electron chi connectivity index (χ4n) is 0.851. The summed E-state index contributed by atoms with van der Waals surface area (Å²) < 4.78 is 15.5. The van der Waals surface area contributed by atoms with Crippen molar-refractivity contribution < 1.29 is 14.2 Å². The highest BCUT2D eigenvalue weighted by Gasteiger charge is 2.18. The van der Waals surface area contributed by atoms with Gasteiger partial charge in [0.1, 0.15) is 0 Å². The first kappa shape index (κ1) is 7.98. The quantitative estimate of drug-likeness (QED) is 0.584. The maximum Gasteiger partial charge on any atom is 0.271 e. The van der Waals surface area contributed by atoms with E-state index in [-0.39, 0.29) is 6.10 Å². The highest BCUT2D eigenvalue weighted by Crippen LogP contribution is 2.11. The molecule has 2 atom stereocenters. The van der Waals surface area contributed by atoms with Crippen LogP contribution in [-0.4, -0.2) is 25.8 Å². The van der Waals surface area contributed by atoms with E-state index in [9.17, 15) is 0 Å². The lowest BCUT2D eigenvalue weighted by Gasteiger charge is -2.27. The summed E-state index contributed by atoms with van der Waals surface area (Å²) in [6.45, 7) is 4.90. The molecule has 0 aromatic heterocycles. The van der Waals surface area contributed by atoms with Gasteiger partial charge in [-0.25, -0.2) is 0 Å². The second-order valence-electron chi connectivity index (χ2n) is 2.35. The Morgan fingerprint density at radius 2 is 2.40 bits per heavy atom. The third-order valence-corrected chi connectivity index (χ3v) is 1.42. The molecule has 1 fully saturated rings. The van der Waals surface area contributed by atoms with Crippen LogP contribution in [0.2, 0.25) is 0 Å². The van der Waals surface area contributed by atoms with E-state index in [4.69, 9.17) is 14.2 Å². The van der Waals surface area contributed by atoms with Gasteiger partial charge in [-0.2, -0.15) is 0 Å². The van der Waals surface area contributed by atoms with Gasteiger partial charge in [-0.3, -0.25) is 0 Å². The van der Waals surface area contributed by atoms with Crippen molar-refractivity contribution in [1.29, 1.82) is 0 Å². The lowest BCUT2D eigenvalue weighted by molar-refractivity contribution is -0.326. The van der Waals surface area contributed by atoms with Crippen molar-refractivity contribution in [2.24, 2.45) is 0 Å². The van der Waals surface area contributed by atoms with Crippen LogP contribution in [0.3, 0.4) is 0 Å². The molecule has 0 saturated carbocycles. The third kappa shape index (κ3) is 2.25. The van der Waals surface area contributed by atoms with Crippen molar-refractivity contribution in [2.75, 3.05) is 13.2 Å². The van der Waals surface area contributed by atoms with Crippen molar-refractivity contribution in [3.8, 4) is 0 Å². The molecule has 3 nitrogen and oxygen atoms in total. The molecule has 60 valence electrons. The topological polar surface area (TPSA) is 27.7 Å². The summed E-state index contributed by atoms with van der Waals surface area (Å²) in [4.78, 5) is 0. The van der Waals surface area contributed by atoms with Crippen LogP contribution in [0.1, 0.15) is 20.3 Å². The summed E-state index contributed by atoms with van der Waals surface area (Å²) >= 11 is 0. The summed E-state index contributed by atoms with van der Waals surface area (Å²) in [7, 11) is 0. The van der Waals surface area contributed by atoms with Crippen LogP contribution in [0.4, 0.5) is 0 Å². The number of hydrogen-bond donors (Lipinski definition) is 0. The molecule has 0 N–H and O–H groups in total. The maximum atomic E-state index is 5.28. The van der Waals surface area contributed by atoms with Gasteiger partial charge >= 0.3 is 0 Å². The van der Waals surface area contributed by atoms with Gasteiger partial charge < -0.3 is 14.2 Å². The van der Waals surface area contributed by atoms with E-state index >= 15 is 0 Å². The van der Waals surface area contributed by atoms with Crippen molar-refractivity contribution in [3.05, 3.63) is 0 Å². The smallest absolute Gasteiger partial charge is 0.271 e. The zero-order valence-electron chi connectivity index (χ0n) is 6.50. The van der Waals surface area contributed by atoms with Gasteiger partial charge in [-0.1, -0.05) is 0 Å². The Bertz CT molecular complexity index is 92.9. The zero-order valence-corrected chi connectivity index (χ0v) is 6.50. The molecule has 0 aromatic rings. The van der Waals surface area contributed by atoms with E-state index in [2.05, 4.69) is 0 Å². The Labute approximate surface area is 61.3 Å². The molecule has 0 aromatic carbocycles. The minimum absolute atomic E-state index is 0.269. The molecule has 1 saturated heterocycles. The largest absolute Gasteiger partial charge is 0.330 e. The molecule has 0 radical (unpaired) electrons. The Morgan fingerprint density at radius 3 is 3.00 bits per heavy atom. The van der Waals surface area contributed by atoms with Crippen molar-refractivity contribution in [1.82, 2.24) is 0 Å². The van der Waals surface area contributed by atoms with Crippen LogP contribution in [-0.2, 0) is 14.2 Å². The number of hydrogen-bond acceptors (Lipinski definition) is 3. The van der Waals surface area contributed by atoms with Crippen LogP contribution in [0.25, 0.3) is 0 Å². The summed E-state index contributed by atoms with van der Waals surface area (Å²) in [6, 6.07) is 0. The molecular weight excluding hydrogens is 132 g/mol. The minimum Gasteiger partial charge on any atom is -0.330 e. The molecule has 1 heterocycles. The predicted molar refractivity (Wildman–Crippen MR) is 36.5 cm³/mol. The van der Waals surface area contributed by atoms with Gasteiger partial charge in [0.2, 0.25) is 0 Å².